The maximum absolute atomic E-state index is 5.78. The van der Waals surface area contributed by atoms with Gasteiger partial charge in [0.1, 0.15) is 11.3 Å². The number of hydrogen-bond donors (Lipinski definition) is 1. The molecular weight excluding hydrogens is 254 g/mol. The number of benzene rings is 1. The minimum atomic E-state index is 0.360. The van der Waals surface area contributed by atoms with Crippen LogP contribution in [0.15, 0.2) is 45.5 Å². The van der Waals surface area contributed by atoms with Gasteiger partial charge < -0.3 is 9.73 Å². The standard InChI is InChI=1S/C16H17NOS/c1-11(13-7-8-19-10-13)17-9-15-12(2)18-16-6-4-3-5-14(15)16/h3-8,10-11,17H,9H2,1-2H3. The highest BCUT2D eigenvalue weighted by Gasteiger charge is 2.12. The summed E-state index contributed by atoms with van der Waals surface area (Å²) in [7, 11) is 0. The van der Waals surface area contributed by atoms with E-state index in [2.05, 4.69) is 41.2 Å². The minimum Gasteiger partial charge on any atom is -0.461 e. The average Bonchev–Trinajstić information content (AvgIpc) is 3.03. The second-order valence-electron chi connectivity index (χ2n) is 4.79. The first-order valence-corrected chi connectivity index (χ1v) is 7.42. The molecule has 1 atom stereocenters. The molecule has 3 rings (SSSR count). The number of aryl methyl sites for hydroxylation is 1. The maximum atomic E-state index is 5.78. The van der Waals surface area contributed by atoms with E-state index < -0.39 is 0 Å². The summed E-state index contributed by atoms with van der Waals surface area (Å²) in [6.07, 6.45) is 0. The summed E-state index contributed by atoms with van der Waals surface area (Å²) in [5.41, 5.74) is 3.58. The fraction of sp³-hybridized carbons (Fsp3) is 0.250. The molecule has 0 aliphatic carbocycles. The number of fused-ring (bicyclic) bond motifs is 1. The Morgan fingerprint density at radius 2 is 2.11 bits per heavy atom. The van der Waals surface area contributed by atoms with Crippen molar-refractivity contribution in [1.82, 2.24) is 5.32 Å². The van der Waals surface area contributed by atoms with Crippen molar-refractivity contribution < 1.29 is 4.42 Å². The van der Waals surface area contributed by atoms with Gasteiger partial charge in [-0.1, -0.05) is 18.2 Å². The van der Waals surface area contributed by atoms with Crippen LogP contribution in [0.2, 0.25) is 0 Å². The minimum absolute atomic E-state index is 0.360. The van der Waals surface area contributed by atoms with Crippen LogP contribution in [-0.2, 0) is 6.54 Å². The number of thiophene rings is 1. The molecule has 0 amide bonds. The lowest BCUT2D eigenvalue weighted by Crippen LogP contribution is -2.17. The Kier molecular flexibility index (Phi) is 3.40. The average molecular weight is 271 g/mol. The maximum Gasteiger partial charge on any atom is 0.134 e. The predicted octanol–water partition coefficient (Wildman–Crippen LogP) is 4.65. The topological polar surface area (TPSA) is 25.2 Å². The second-order valence-corrected chi connectivity index (χ2v) is 5.57. The molecule has 2 heterocycles. The van der Waals surface area contributed by atoms with Crippen LogP contribution in [0.4, 0.5) is 0 Å². The zero-order chi connectivity index (χ0) is 13.2. The van der Waals surface area contributed by atoms with Crippen molar-refractivity contribution >= 4 is 22.3 Å². The Labute approximate surface area is 117 Å². The molecule has 0 aliphatic heterocycles. The van der Waals surface area contributed by atoms with E-state index in [-0.39, 0.29) is 0 Å². The highest BCUT2D eigenvalue weighted by molar-refractivity contribution is 7.07. The molecule has 0 fully saturated rings. The SMILES string of the molecule is Cc1oc2ccccc2c1CNC(C)c1ccsc1. The first kappa shape index (κ1) is 12.5. The van der Waals surface area contributed by atoms with Crippen molar-refractivity contribution in [3.63, 3.8) is 0 Å². The molecule has 0 radical (unpaired) electrons. The third-order valence-electron chi connectivity index (χ3n) is 3.53. The van der Waals surface area contributed by atoms with E-state index in [1.54, 1.807) is 11.3 Å². The fourth-order valence-corrected chi connectivity index (χ4v) is 3.09. The van der Waals surface area contributed by atoms with Crippen molar-refractivity contribution in [2.24, 2.45) is 0 Å². The molecular formula is C16H17NOS. The molecule has 1 unspecified atom stereocenters. The van der Waals surface area contributed by atoms with E-state index in [0.29, 0.717) is 6.04 Å². The van der Waals surface area contributed by atoms with E-state index in [4.69, 9.17) is 4.42 Å². The van der Waals surface area contributed by atoms with Gasteiger partial charge in [-0.15, -0.1) is 0 Å². The van der Waals surface area contributed by atoms with Gasteiger partial charge in [0.25, 0.3) is 0 Å². The molecule has 1 aromatic carbocycles. The number of nitrogens with one attached hydrogen (secondary N) is 1. The number of para-hydroxylation sites is 1. The number of rotatable bonds is 4. The van der Waals surface area contributed by atoms with Crippen LogP contribution in [0, 0.1) is 6.92 Å². The van der Waals surface area contributed by atoms with Gasteiger partial charge in [0.15, 0.2) is 0 Å². The van der Waals surface area contributed by atoms with Crippen LogP contribution in [0.1, 0.15) is 29.9 Å². The summed E-state index contributed by atoms with van der Waals surface area (Å²) in [6.45, 7) is 5.06. The third-order valence-corrected chi connectivity index (χ3v) is 4.23. The number of hydrogen-bond acceptors (Lipinski definition) is 3. The molecule has 1 N–H and O–H groups in total. The van der Waals surface area contributed by atoms with Gasteiger partial charge in [-0.2, -0.15) is 11.3 Å². The van der Waals surface area contributed by atoms with Crippen LogP contribution in [-0.4, -0.2) is 0 Å². The molecule has 0 spiro atoms. The van der Waals surface area contributed by atoms with Crippen molar-refractivity contribution in [2.75, 3.05) is 0 Å². The molecule has 0 aliphatic rings. The lowest BCUT2D eigenvalue weighted by atomic mass is 10.1. The van der Waals surface area contributed by atoms with Crippen molar-refractivity contribution in [3.05, 3.63) is 58.0 Å². The number of furan rings is 1. The molecule has 0 saturated carbocycles. The summed E-state index contributed by atoms with van der Waals surface area (Å²) >= 11 is 1.74. The first-order valence-electron chi connectivity index (χ1n) is 6.48. The van der Waals surface area contributed by atoms with Gasteiger partial charge in [-0.25, -0.2) is 0 Å². The Balaban J connectivity index is 1.80. The highest BCUT2D eigenvalue weighted by atomic mass is 32.1. The van der Waals surface area contributed by atoms with E-state index in [1.807, 2.05) is 19.1 Å². The molecule has 2 nitrogen and oxygen atoms in total. The summed E-state index contributed by atoms with van der Waals surface area (Å²) in [4.78, 5) is 0. The second kappa shape index (κ2) is 5.19. The van der Waals surface area contributed by atoms with Gasteiger partial charge in [-0.3, -0.25) is 0 Å². The highest BCUT2D eigenvalue weighted by Crippen LogP contribution is 2.26. The first-order chi connectivity index (χ1) is 9.25. The van der Waals surface area contributed by atoms with Crippen LogP contribution in [0.25, 0.3) is 11.0 Å². The van der Waals surface area contributed by atoms with Gasteiger partial charge in [0.05, 0.1) is 0 Å². The van der Waals surface area contributed by atoms with Crippen molar-refractivity contribution in [3.8, 4) is 0 Å². The van der Waals surface area contributed by atoms with Gasteiger partial charge in [0.2, 0.25) is 0 Å². The monoisotopic (exact) mass is 271 g/mol. The zero-order valence-corrected chi connectivity index (χ0v) is 12.0. The largest absolute Gasteiger partial charge is 0.461 e. The van der Waals surface area contributed by atoms with Gasteiger partial charge in [0, 0.05) is 23.5 Å². The predicted molar refractivity (Wildman–Crippen MR) is 80.5 cm³/mol. The Morgan fingerprint density at radius 3 is 2.89 bits per heavy atom. The fourth-order valence-electron chi connectivity index (χ4n) is 2.34. The van der Waals surface area contributed by atoms with Crippen molar-refractivity contribution in [1.29, 1.82) is 0 Å². The zero-order valence-electron chi connectivity index (χ0n) is 11.1. The molecule has 0 saturated heterocycles. The Hall–Kier alpha value is -1.58. The van der Waals surface area contributed by atoms with E-state index in [9.17, 15) is 0 Å². The van der Waals surface area contributed by atoms with E-state index in [1.165, 1.54) is 16.5 Å². The molecule has 98 valence electrons. The molecule has 19 heavy (non-hydrogen) atoms. The van der Waals surface area contributed by atoms with Crippen LogP contribution < -0.4 is 5.32 Å². The van der Waals surface area contributed by atoms with Crippen LogP contribution in [0.5, 0.6) is 0 Å². The molecule has 3 aromatic rings. The van der Waals surface area contributed by atoms with Crippen molar-refractivity contribution in [2.45, 2.75) is 26.4 Å². The smallest absolute Gasteiger partial charge is 0.134 e. The van der Waals surface area contributed by atoms with Crippen LogP contribution in [0.3, 0.4) is 0 Å². The lowest BCUT2D eigenvalue weighted by molar-refractivity contribution is 0.545. The normalized spacial score (nSPS) is 12.9. The van der Waals surface area contributed by atoms with E-state index in [0.717, 1.165) is 17.9 Å². The third kappa shape index (κ3) is 2.44. The van der Waals surface area contributed by atoms with Gasteiger partial charge >= 0.3 is 0 Å². The summed E-state index contributed by atoms with van der Waals surface area (Å²) in [5, 5.41) is 9.09. The quantitative estimate of drug-likeness (QED) is 0.747. The van der Waals surface area contributed by atoms with E-state index >= 15 is 0 Å². The molecule has 2 aromatic heterocycles. The summed E-state index contributed by atoms with van der Waals surface area (Å²) in [6, 6.07) is 10.7. The Bertz CT molecular complexity index is 669. The molecule has 0 bridgehead atoms. The van der Waals surface area contributed by atoms with Crippen LogP contribution >= 0.6 is 11.3 Å². The summed E-state index contributed by atoms with van der Waals surface area (Å²) < 4.78 is 5.78. The lowest BCUT2D eigenvalue weighted by Gasteiger charge is -2.12. The van der Waals surface area contributed by atoms with Gasteiger partial charge in [-0.05, 0) is 42.3 Å². The Morgan fingerprint density at radius 1 is 1.26 bits per heavy atom. The summed E-state index contributed by atoms with van der Waals surface area (Å²) in [5.74, 6) is 1.01. The molecule has 3 heteroatoms.